The van der Waals surface area contributed by atoms with Crippen LogP contribution in [0.2, 0.25) is 0 Å². The third-order valence-corrected chi connectivity index (χ3v) is 4.61. The summed E-state index contributed by atoms with van der Waals surface area (Å²) in [6.45, 7) is 4.47. The standard InChI is InChI=1S/C14H22N4O/c1-10-2-3-11(15)8-12(10)14(19)18-7-6-17-5-4-16-13(17)9-18/h4-5,10-12H,2-3,6-9,15H2,1H3. The van der Waals surface area contributed by atoms with E-state index in [1.54, 1.807) is 0 Å². The van der Waals surface area contributed by atoms with Crippen molar-refractivity contribution in [3.05, 3.63) is 18.2 Å². The van der Waals surface area contributed by atoms with Crippen LogP contribution in [0.5, 0.6) is 0 Å². The summed E-state index contributed by atoms with van der Waals surface area (Å²) in [5.74, 6) is 1.82. The van der Waals surface area contributed by atoms with Crippen LogP contribution in [0.3, 0.4) is 0 Å². The summed E-state index contributed by atoms with van der Waals surface area (Å²) in [6, 6.07) is 0.192. The maximum Gasteiger partial charge on any atom is 0.226 e. The van der Waals surface area contributed by atoms with Crippen molar-refractivity contribution in [2.24, 2.45) is 17.6 Å². The molecule has 1 aromatic rings. The van der Waals surface area contributed by atoms with Crippen LogP contribution >= 0.6 is 0 Å². The number of aromatic nitrogens is 2. The highest BCUT2D eigenvalue weighted by Gasteiger charge is 2.35. The fraction of sp³-hybridized carbons (Fsp3) is 0.714. The maximum atomic E-state index is 12.7. The Bertz CT molecular complexity index is 470. The molecule has 19 heavy (non-hydrogen) atoms. The molecule has 1 fully saturated rings. The monoisotopic (exact) mass is 262 g/mol. The zero-order valence-electron chi connectivity index (χ0n) is 11.5. The number of carbonyl (C=O) groups is 1. The van der Waals surface area contributed by atoms with Gasteiger partial charge in [-0.1, -0.05) is 6.92 Å². The van der Waals surface area contributed by atoms with E-state index in [4.69, 9.17) is 5.73 Å². The van der Waals surface area contributed by atoms with Crippen LogP contribution in [0.1, 0.15) is 32.0 Å². The second-order valence-electron chi connectivity index (χ2n) is 5.95. The molecule has 0 bridgehead atoms. The molecule has 1 aromatic heterocycles. The molecule has 104 valence electrons. The molecule has 2 heterocycles. The van der Waals surface area contributed by atoms with E-state index < -0.39 is 0 Å². The van der Waals surface area contributed by atoms with Gasteiger partial charge in [0.1, 0.15) is 5.82 Å². The van der Waals surface area contributed by atoms with E-state index >= 15 is 0 Å². The van der Waals surface area contributed by atoms with Gasteiger partial charge in [0.05, 0.1) is 6.54 Å². The third kappa shape index (κ3) is 2.39. The van der Waals surface area contributed by atoms with Gasteiger partial charge in [0, 0.05) is 37.4 Å². The number of imidazole rings is 1. The van der Waals surface area contributed by atoms with E-state index in [1.165, 1.54) is 0 Å². The summed E-state index contributed by atoms with van der Waals surface area (Å²) >= 11 is 0. The van der Waals surface area contributed by atoms with E-state index in [-0.39, 0.29) is 17.9 Å². The van der Waals surface area contributed by atoms with Crippen LogP contribution in [0.25, 0.3) is 0 Å². The minimum absolute atomic E-state index is 0.102. The highest BCUT2D eigenvalue weighted by molar-refractivity contribution is 5.79. The first kappa shape index (κ1) is 12.7. The molecule has 2 aliphatic rings. The van der Waals surface area contributed by atoms with E-state index in [0.29, 0.717) is 12.5 Å². The number of hydrogen-bond acceptors (Lipinski definition) is 3. The summed E-state index contributed by atoms with van der Waals surface area (Å²) in [4.78, 5) is 18.9. The van der Waals surface area contributed by atoms with Crippen LogP contribution < -0.4 is 5.73 Å². The molecule has 1 aliphatic heterocycles. The van der Waals surface area contributed by atoms with Gasteiger partial charge < -0.3 is 15.2 Å². The van der Waals surface area contributed by atoms with E-state index in [9.17, 15) is 4.79 Å². The lowest BCUT2D eigenvalue weighted by atomic mass is 9.77. The predicted octanol–water partition coefficient (Wildman–Crippen LogP) is 0.989. The third-order valence-electron chi connectivity index (χ3n) is 4.61. The Morgan fingerprint density at radius 3 is 3.11 bits per heavy atom. The van der Waals surface area contributed by atoms with Crippen molar-refractivity contribution in [2.45, 2.75) is 45.3 Å². The molecule has 0 aromatic carbocycles. The molecule has 0 saturated heterocycles. The number of rotatable bonds is 1. The summed E-state index contributed by atoms with van der Waals surface area (Å²) < 4.78 is 2.12. The van der Waals surface area contributed by atoms with Crippen LogP contribution in [0.4, 0.5) is 0 Å². The van der Waals surface area contributed by atoms with Gasteiger partial charge in [0.2, 0.25) is 5.91 Å². The molecule has 1 aliphatic carbocycles. The Kier molecular flexibility index (Phi) is 3.31. The maximum absolute atomic E-state index is 12.7. The molecule has 5 nitrogen and oxygen atoms in total. The minimum atomic E-state index is 0.102. The molecule has 1 amide bonds. The number of amides is 1. The molecule has 0 radical (unpaired) electrons. The quantitative estimate of drug-likeness (QED) is 0.821. The normalized spacial score (nSPS) is 31.1. The predicted molar refractivity (Wildman–Crippen MR) is 72.1 cm³/mol. The average molecular weight is 262 g/mol. The summed E-state index contributed by atoms with van der Waals surface area (Å²) in [7, 11) is 0. The van der Waals surface area contributed by atoms with Crippen LogP contribution in [0.15, 0.2) is 12.4 Å². The fourth-order valence-electron chi connectivity index (χ4n) is 3.29. The van der Waals surface area contributed by atoms with Gasteiger partial charge in [0.25, 0.3) is 0 Å². The lowest BCUT2D eigenvalue weighted by Crippen LogP contribution is -2.46. The molecule has 3 rings (SSSR count). The van der Waals surface area contributed by atoms with Gasteiger partial charge in [0.15, 0.2) is 0 Å². The first-order chi connectivity index (χ1) is 9.15. The second kappa shape index (κ2) is 4.96. The summed E-state index contributed by atoms with van der Waals surface area (Å²) in [5, 5.41) is 0. The molecule has 5 heteroatoms. The Hall–Kier alpha value is -1.36. The fourth-order valence-corrected chi connectivity index (χ4v) is 3.29. The zero-order valence-corrected chi connectivity index (χ0v) is 11.5. The van der Waals surface area contributed by atoms with E-state index in [1.807, 2.05) is 17.3 Å². The number of nitrogens with two attached hydrogens (primary N) is 1. The van der Waals surface area contributed by atoms with Crippen molar-refractivity contribution in [3.63, 3.8) is 0 Å². The lowest BCUT2D eigenvalue weighted by molar-refractivity contribution is -0.140. The van der Waals surface area contributed by atoms with Crippen molar-refractivity contribution >= 4 is 5.91 Å². The van der Waals surface area contributed by atoms with Gasteiger partial charge in [-0.15, -0.1) is 0 Å². The van der Waals surface area contributed by atoms with Crippen molar-refractivity contribution in [1.29, 1.82) is 0 Å². The smallest absolute Gasteiger partial charge is 0.226 e. The Morgan fingerprint density at radius 1 is 1.42 bits per heavy atom. The molecule has 0 spiro atoms. The van der Waals surface area contributed by atoms with Crippen LogP contribution in [-0.4, -0.2) is 32.9 Å². The number of nitrogens with zero attached hydrogens (tertiary/aromatic N) is 3. The molecular formula is C14H22N4O. The average Bonchev–Trinajstić information content (AvgIpc) is 2.88. The topological polar surface area (TPSA) is 64.2 Å². The number of fused-ring (bicyclic) bond motifs is 1. The number of hydrogen-bond donors (Lipinski definition) is 1. The van der Waals surface area contributed by atoms with Crippen molar-refractivity contribution in [3.8, 4) is 0 Å². The number of carbonyl (C=O) groups excluding carboxylic acids is 1. The van der Waals surface area contributed by atoms with Crippen LogP contribution in [-0.2, 0) is 17.9 Å². The highest BCUT2D eigenvalue weighted by atomic mass is 16.2. The molecular weight excluding hydrogens is 240 g/mol. The zero-order chi connectivity index (χ0) is 13.4. The van der Waals surface area contributed by atoms with E-state index in [0.717, 1.165) is 38.2 Å². The summed E-state index contributed by atoms with van der Waals surface area (Å²) in [5.41, 5.74) is 6.03. The minimum Gasteiger partial charge on any atom is -0.333 e. The first-order valence-corrected chi connectivity index (χ1v) is 7.19. The van der Waals surface area contributed by atoms with Gasteiger partial charge >= 0.3 is 0 Å². The molecule has 3 atom stereocenters. The van der Waals surface area contributed by atoms with Crippen molar-refractivity contribution in [2.75, 3.05) is 6.54 Å². The summed E-state index contributed by atoms with van der Waals surface area (Å²) in [6.07, 6.45) is 6.75. The largest absolute Gasteiger partial charge is 0.333 e. The first-order valence-electron chi connectivity index (χ1n) is 7.19. The Balaban J connectivity index is 1.71. The van der Waals surface area contributed by atoms with Crippen LogP contribution in [0, 0.1) is 11.8 Å². The lowest BCUT2D eigenvalue weighted by Gasteiger charge is -2.36. The Morgan fingerprint density at radius 2 is 2.26 bits per heavy atom. The van der Waals surface area contributed by atoms with Gasteiger partial charge in [-0.2, -0.15) is 0 Å². The van der Waals surface area contributed by atoms with E-state index in [2.05, 4.69) is 16.5 Å². The van der Waals surface area contributed by atoms with Gasteiger partial charge in [-0.25, -0.2) is 4.98 Å². The molecule has 3 unspecified atom stereocenters. The van der Waals surface area contributed by atoms with Gasteiger partial charge in [-0.05, 0) is 25.2 Å². The van der Waals surface area contributed by atoms with Crippen molar-refractivity contribution in [1.82, 2.24) is 14.5 Å². The van der Waals surface area contributed by atoms with Crippen molar-refractivity contribution < 1.29 is 4.79 Å². The van der Waals surface area contributed by atoms with Gasteiger partial charge in [-0.3, -0.25) is 4.79 Å². The highest BCUT2D eigenvalue weighted by Crippen LogP contribution is 2.31. The molecule has 1 saturated carbocycles. The molecule has 2 N–H and O–H groups in total. The second-order valence-corrected chi connectivity index (χ2v) is 5.95. The SMILES string of the molecule is CC1CCC(N)CC1C(=O)N1CCn2ccnc2C1. The Labute approximate surface area is 113 Å².